The maximum atomic E-state index is 6.40. The van der Waals surface area contributed by atoms with Gasteiger partial charge in [0.1, 0.15) is 12.2 Å². The first-order valence-electron chi connectivity index (χ1n) is 7.35. The Kier molecular flexibility index (Phi) is 3.57. The molecule has 1 aromatic heterocycles. The molecule has 0 fully saturated rings. The van der Waals surface area contributed by atoms with Gasteiger partial charge >= 0.3 is 0 Å². The minimum Gasteiger partial charge on any atom is -0.327 e. The fourth-order valence-electron chi connectivity index (χ4n) is 2.98. The van der Waals surface area contributed by atoms with Crippen LogP contribution in [-0.4, -0.2) is 20.8 Å². The van der Waals surface area contributed by atoms with Crippen LogP contribution in [0, 0.1) is 5.92 Å². The first-order valence-corrected chi connectivity index (χ1v) is 7.35. The third kappa shape index (κ3) is 2.48. The van der Waals surface area contributed by atoms with E-state index in [9.17, 15) is 0 Å². The Labute approximate surface area is 120 Å². The number of aromatic nitrogens is 3. The smallest absolute Gasteiger partial charge is 0.138 e. The Morgan fingerprint density at radius 2 is 2.15 bits per heavy atom. The predicted octanol–water partition coefficient (Wildman–Crippen LogP) is 2.14. The third-order valence-corrected chi connectivity index (χ3v) is 4.06. The van der Waals surface area contributed by atoms with Gasteiger partial charge in [0.15, 0.2) is 0 Å². The van der Waals surface area contributed by atoms with Crippen molar-refractivity contribution >= 4 is 0 Å². The topological polar surface area (TPSA) is 56.7 Å². The number of hydrogen-bond donors (Lipinski definition) is 1. The average Bonchev–Trinajstić information content (AvgIpc) is 2.77. The quantitative estimate of drug-likeness (QED) is 0.905. The zero-order chi connectivity index (χ0) is 14.1. The van der Waals surface area contributed by atoms with Gasteiger partial charge in [0.05, 0.1) is 0 Å². The molecule has 2 atom stereocenters. The summed E-state index contributed by atoms with van der Waals surface area (Å²) in [6, 6.07) is 8.71. The number of benzene rings is 1. The van der Waals surface area contributed by atoms with Crippen molar-refractivity contribution < 1.29 is 0 Å². The van der Waals surface area contributed by atoms with Gasteiger partial charge in [0, 0.05) is 24.9 Å². The standard InChI is InChI=1S/C16H22N4/c1-11(2)9-20-16(18-10-19-20)8-15(17)14-7-12-5-3-4-6-13(12)14/h3-6,10-11,14-15H,7-9,17H2,1-2H3. The van der Waals surface area contributed by atoms with Crippen molar-refractivity contribution in [3.05, 3.63) is 47.5 Å². The SMILES string of the molecule is CC(C)Cn1ncnc1CC(N)C1Cc2ccccc21. The van der Waals surface area contributed by atoms with Crippen LogP contribution in [0.1, 0.15) is 36.7 Å². The Morgan fingerprint density at radius 1 is 1.35 bits per heavy atom. The molecule has 0 saturated carbocycles. The Bertz CT molecular complexity index is 588. The largest absolute Gasteiger partial charge is 0.327 e. The normalized spacial score (nSPS) is 18.7. The van der Waals surface area contributed by atoms with Gasteiger partial charge in [-0.25, -0.2) is 9.67 Å². The highest BCUT2D eigenvalue weighted by Crippen LogP contribution is 2.37. The van der Waals surface area contributed by atoms with Crippen LogP contribution in [-0.2, 0) is 19.4 Å². The van der Waals surface area contributed by atoms with Crippen LogP contribution in [0.2, 0.25) is 0 Å². The van der Waals surface area contributed by atoms with Crippen molar-refractivity contribution in [1.29, 1.82) is 0 Å². The summed E-state index contributed by atoms with van der Waals surface area (Å²) < 4.78 is 2.00. The molecule has 0 aliphatic heterocycles. The molecule has 0 saturated heterocycles. The second kappa shape index (κ2) is 5.37. The summed E-state index contributed by atoms with van der Waals surface area (Å²) in [6.45, 7) is 5.28. The van der Waals surface area contributed by atoms with E-state index in [2.05, 4.69) is 48.2 Å². The van der Waals surface area contributed by atoms with Crippen LogP contribution in [0.15, 0.2) is 30.6 Å². The predicted molar refractivity (Wildman–Crippen MR) is 79.4 cm³/mol. The molecule has 0 spiro atoms. The molecule has 2 aromatic rings. The Hall–Kier alpha value is -1.68. The number of rotatable bonds is 5. The summed E-state index contributed by atoms with van der Waals surface area (Å²) in [6.07, 6.45) is 3.53. The summed E-state index contributed by atoms with van der Waals surface area (Å²) in [4.78, 5) is 4.38. The van der Waals surface area contributed by atoms with Gasteiger partial charge in [-0.3, -0.25) is 0 Å². The molecule has 1 heterocycles. The molecule has 0 amide bonds. The second-order valence-electron chi connectivity index (χ2n) is 6.13. The van der Waals surface area contributed by atoms with Crippen molar-refractivity contribution in [2.75, 3.05) is 0 Å². The molecule has 4 heteroatoms. The molecule has 106 valence electrons. The molecule has 2 unspecified atom stereocenters. The summed E-state index contributed by atoms with van der Waals surface area (Å²) in [5.74, 6) is 2.04. The monoisotopic (exact) mass is 270 g/mol. The van der Waals surface area contributed by atoms with Gasteiger partial charge in [0.25, 0.3) is 0 Å². The van der Waals surface area contributed by atoms with Crippen molar-refractivity contribution in [1.82, 2.24) is 14.8 Å². The lowest BCUT2D eigenvalue weighted by molar-refractivity contribution is 0.431. The van der Waals surface area contributed by atoms with E-state index >= 15 is 0 Å². The van der Waals surface area contributed by atoms with Crippen molar-refractivity contribution in [3.63, 3.8) is 0 Å². The molecule has 4 nitrogen and oxygen atoms in total. The third-order valence-electron chi connectivity index (χ3n) is 4.06. The lowest BCUT2D eigenvalue weighted by atomic mass is 9.73. The summed E-state index contributed by atoms with van der Waals surface area (Å²) >= 11 is 0. The summed E-state index contributed by atoms with van der Waals surface area (Å²) in [5, 5.41) is 4.31. The fourth-order valence-corrected chi connectivity index (χ4v) is 2.98. The van der Waals surface area contributed by atoms with E-state index in [0.717, 1.165) is 25.2 Å². The van der Waals surface area contributed by atoms with Gasteiger partial charge in [-0.05, 0) is 23.5 Å². The number of fused-ring (bicyclic) bond motifs is 1. The number of nitrogens with two attached hydrogens (primary N) is 1. The maximum absolute atomic E-state index is 6.40. The molecular formula is C16H22N4. The van der Waals surface area contributed by atoms with E-state index in [1.165, 1.54) is 11.1 Å². The van der Waals surface area contributed by atoms with E-state index in [1.807, 2.05) is 4.68 Å². The Balaban J connectivity index is 1.69. The van der Waals surface area contributed by atoms with Crippen LogP contribution in [0.5, 0.6) is 0 Å². The number of nitrogens with zero attached hydrogens (tertiary/aromatic N) is 3. The van der Waals surface area contributed by atoms with Gasteiger partial charge < -0.3 is 5.73 Å². The van der Waals surface area contributed by atoms with E-state index < -0.39 is 0 Å². The molecule has 1 aliphatic carbocycles. The summed E-state index contributed by atoms with van der Waals surface area (Å²) in [5.41, 5.74) is 9.26. The second-order valence-corrected chi connectivity index (χ2v) is 6.13. The molecule has 0 radical (unpaired) electrons. The molecular weight excluding hydrogens is 248 g/mol. The minimum absolute atomic E-state index is 0.125. The minimum atomic E-state index is 0.125. The van der Waals surface area contributed by atoms with Crippen molar-refractivity contribution in [2.45, 2.75) is 45.2 Å². The number of hydrogen-bond acceptors (Lipinski definition) is 3. The maximum Gasteiger partial charge on any atom is 0.138 e. The molecule has 3 rings (SSSR count). The first kappa shape index (κ1) is 13.3. The zero-order valence-corrected chi connectivity index (χ0v) is 12.2. The van der Waals surface area contributed by atoms with E-state index in [-0.39, 0.29) is 6.04 Å². The van der Waals surface area contributed by atoms with E-state index in [1.54, 1.807) is 6.33 Å². The lowest BCUT2D eigenvalue weighted by Gasteiger charge is -2.34. The van der Waals surface area contributed by atoms with Gasteiger partial charge in [-0.15, -0.1) is 0 Å². The van der Waals surface area contributed by atoms with Gasteiger partial charge in [0.2, 0.25) is 0 Å². The molecule has 20 heavy (non-hydrogen) atoms. The van der Waals surface area contributed by atoms with Crippen molar-refractivity contribution in [3.8, 4) is 0 Å². The molecule has 1 aliphatic rings. The summed E-state index contributed by atoms with van der Waals surface area (Å²) in [7, 11) is 0. The van der Waals surface area contributed by atoms with Crippen LogP contribution in [0.4, 0.5) is 0 Å². The van der Waals surface area contributed by atoms with Crippen LogP contribution in [0.25, 0.3) is 0 Å². The molecule has 1 aromatic carbocycles. The highest BCUT2D eigenvalue weighted by atomic mass is 15.3. The highest BCUT2D eigenvalue weighted by Gasteiger charge is 2.31. The van der Waals surface area contributed by atoms with Crippen molar-refractivity contribution in [2.24, 2.45) is 11.7 Å². The fraction of sp³-hybridized carbons (Fsp3) is 0.500. The first-order chi connectivity index (χ1) is 9.65. The van der Waals surface area contributed by atoms with E-state index in [4.69, 9.17) is 5.73 Å². The lowest BCUT2D eigenvalue weighted by Crippen LogP contribution is -2.38. The van der Waals surface area contributed by atoms with E-state index in [0.29, 0.717) is 11.8 Å². The highest BCUT2D eigenvalue weighted by molar-refractivity contribution is 5.41. The van der Waals surface area contributed by atoms with Gasteiger partial charge in [-0.2, -0.15) is 5.10 Å². The van der Waals surface area contributed by atoms with Crippen LogP contribution >= 0.6 is 0 Å². The van der Waals surface area contributed by atoms with Crippen LogP contribution in [0.3, 0.4) is 0 Å². The molecule has 2 N–H and O–H groups in total. The van der Waals surface area contributed by atoms with Gasteiger partial charge in [-0.1, -0.05) is 38.1 Å². The average molecular weight is 270 g/mol. The zero-order valence-electron chi connectivity index (χ0n) is 12.2. The van der Waals surface area contributed by atoms with Crippen LogP contribution < -0.4 is 5.73 Å². The molecule has 0 bridgehead atoms. The Morgan fingerprint density at radius 3 is 2.90 bits per heavy atom.